The first-order valence-electron chi connectivity index (χ1n) is 10.1. The number of ether oxygens (including phenoxy) is 1. The third kappa shape index (κ3) is 3.86. The minimum absolute atomic E-state index is 0.0182. The van der Waals surface area contributed by atoms with Crippen molar-refractivity contribution in [2.45, 2.75) is 32.7 Å². The fraction of sp³-hybridized carbons (Fsp3) is 0.231. The van der Waals surface area contributed by atoms with Gasteiger partial charge in [-0.3, -0.25) is 4.79 Å². The van der Waals surface area contributed by atoms with Gasteiger partial charge in [0, 0.05) is 11.1 Å². The number of carbonyl (C=O) groups is 1. The number of hydrogen-bond acceptors (Lipinski definition) is 3. The van der Waals surface area contributed by atoms with Gasteiger partial charge in [0.2, 0.25) is 0 Å². The van der Waals surface area contributed by atoms with Crippen molar-refractivity contribution in [1.29, 1.82) is 0 Å². The van der Waals surface area contributed by atoms with E-state index in [4.69, 9.17) is 9.72 Å². The summed E-state index contributed by atoms with van der Waals surface area (Å²) < 4.78 is 7.27. The summed E-state index contributed by atoms with van der Waals surface area (Å²) in [6, 6.07) is 23.7. The first kappa shape index (κ1) is 19.9. The van der Waals surface area contributed by atoms with Gasteiger partial charge in [-0.25, -0.2) is 4.98 Å². The maximum Gasteiger partial charge on any atom is 0.182 e. The third-order valence-corrected chi connectivity index (χ3v) is 5.36. The summed E-state index contributed by atoms with van der Waals surface area (Å²) in [6.07, 6.45) is 0. The van der Waals surface area contributed by atoms with Crippen molar-refractivity contribution in [2.24, 2.45) is 0 Å². The summed E-state index contributed by atoms with van der Waals surface area (Å²) in [4.78, 5) is 17.9. The van der Waals surface area contributed by atoms with Crippen LogP contribution in [0, 0.1) is 0 Å². The predicted molar refractivity (Wildman–Crippen MR) is 121 cm³/mol. The maximum absolute atomic E-state index is 13.1. The van der Waals surface area contributed by atoms with Crippen molar-refractivity contribution in [2.75, 3.05) is 7.11 Å². The Bertz CT molecular complexity index is 1200. The number of fused-ring (bicyclic) bond motifs is 1. The maximum atomic E-state index is 13.1. The molecule has 1 aromatic heterocycles. The molecule has 0 aliphatic rings. The molecule has 4 nitrogen and oxygen atoms in total. The van der Waals surface area contributed by atoms with Crippen LogP contribution >= 0.6 is 0 Å². The molecule has 0 fully saturated rings. The molecule has 0 radical (unpaired) electrons. The van der Waals surface area contributed by atoms with E-state index < -0.39 is 0 Å². The molecule has 152 valence electrons. The average molecular weight is 399 g/mol. The van der Waals surface area contributed by atoms with Crippen LogP contribution in [0.2, 0.25) is 0 Å². The zero-order chi connectivity index (χ0) is 21.3. The van der Waals surface area contributed by atoms with Crippen molar-refractivity contribution in [3.63, 3.8) is 0 Å². The number of aromatic nitrogens is 2. The molecule has 0 saturated heterocycles. The Hall–Kier alpha value is -3.40. The van der Waals surface area contributed by atoms with Gasteiger partial charge in [0.15, 0.2) is 5.78 Å². The van der Waals surface area contributed by atoms with E-state index >= 15 is 0 Å². The summed E-state index contributed by atoms with van der Waals surface area (Å²) >= 11 is 0. The second-order valence-corrected chi connectivity index (χ2v) is 8.49. The minimum atomic E-state index is 0.0182. The highest BCUT2D eigenvalue weighted by Crippen LogP contribution is 2.29. The molecule has 0 aliphatic heterocycles. The van der Waals surface area contributed by atoms with Gasteiger partial charge in [-0.05, 0) is 35.2 Å². The number of para-hydroxylation sites is 2. The van der Waals surface area contributed by atoms with Crippen LogP contribution in [-0.4, -0.2) is 22.4 Å². The van der Waals surface area contributed by atoms with Gasteiger partial charge in [0.25, 0.3) is 0 Å². The van der Waals surface area contributed by atoms with Crippen LogP contribution in [-0.2, 0) is 12.0 Å². The van der Waals surface area contributed by atoms with E-state index in [-0.39, 0.29) is 17.7 Å². The molecule has 1 heterocycles. The molecule has 0 spiro atoms. The first-order chi connectivity index (χ1) is 14.4. The number of benzene rings is 3. The molecular formula is C26H26N2O2. The Morgan fingerprint density at radius 3 is 2.40 bits per heavy atom. The molecule has 0 amide bonds. The number of imidazole rings is 1. The molecule has 0 atom stereocenters. The topological polar surface area (TPSA) is 44.1 Å². The number of methoxy groups -OCH3 is 1. The normalized spacial score (nSPS) is 11.6. The molecule has 30 heavy (non-hydrogen) atoms. The van der Waals surface area contributed by atoms with Gasteiger partial charge in [-0.1, -0.05) is 69.3 Å². The lowest BCUT2D eigenvalue weighted by Crippen LogP contribution is -2.12. The summed E-state index contributed by atoms with van der Waals surface area (Å²) in [5, 5.41) is 0. The molecule has 0 unspecified atom stereocenters. The Kier molecular flexibility index (Phi) is 5.17. The lowest BCUT2D eigenvalue weighted by molar-refractivity contribution is 0.0973. The van der Waals surface area contributed by atoms with Crippen molar-refractivity contribution < 1.29 is 9.53 Å². The smallest absolute Gasteiger partial charge is 0.182 e. The lowest BCUT2D eigenvalue weighted by atomic mass is 9.87. The Labute approximate surface area is 177 Å². The fourth-order valence-corrected chi connectivity index (χ4v) is 3.61. The SMILES string of the molecule is COc1cccc(C(=O)Cn2c(-c3ccc(C(C)(C)C)cc3)nc3ccccc32)c1. The summed E-state index contributed by atoms with van der Waals surface area (Å²) in [6.45, 7) is 6.81. The number of carbonyl (C=O) groups excluding carboxylic acids is 1. The number of nitrogens with zero attached hydrogens (tertiary/aromatic N) is 2. The van der Waals surface area contributed by atoms with Crippen LogP contribution in [0.4, 0.5) is 0 Å². The van der Waals surface area contributed by atoms with Gasteiger partial charge in [-0.2, -0.15) is 0 Å². The minimum Gasteiger partial charge on any atom is -0.497 e. The number of rotatable bonds is 5. The van der Waals surface area contributed by atoms with Gasteiger partial charge in [0.1, 0.15) is 11.6 Å². The van der Waals surface area contributed by atoms with Crippen LogP contribution in [0.25, 0.3) is 22.4 Å². The molecule has 4 rings (SSSR count). The molecule has 4 aromatic rings. The number of hydrogen-bond donors (Lipinski definition) is 0. The van der Waals surface area contributed by atoms with E-state index in [2.05, 4.69) is 45.0 Å². The summed E-state index contributed by atoms with van der Waals surface area (Å²) in [5.41, 5.74) is 4.80. The van der Waals surface area contributed by atoms with Gasteiger partial charge in [0.05, 0.1) is 24.7 Å². The monoisotopic (exact) mass is 398 g/mol. The molecule has 0 saturated carbocycles. The van der Waals surface area contributed by atoms with Crippen LogP contribution in [0.1, 0.15) is 36.7 Å². The lowest BCUT2D eigenvalue weighted by Gasteiger charge is -2.19. The average Bonchev–Trinajstić information content (AvgIpc) is 3.11. The second kappa shape index (κ2) is 7.79. The Morgan fingerprint density at radius 2 is 1.70 bits per heavy atom. The van der Waals surface area contributed by atoms with Crippen molar-refractivity contribution in [1.82, 2.24) is 9.55 Å². The van der Waals surface area contributed by atoms with Crippen LogP contribution in [0.5, 0.6) is 5.75 Å². The van der Waals surface area contributed by atoms with Crippen molar-refractivity contribution in [3.05, 3.63) is 83.9 Å². The molecular weight excluding hydrogens is 372 g/mol. The number of Topliss-reactive ketones (excluding diaryl/α,β-unsaturated/α-hetero) is 1. The molecule has 3 aromatic carbocycles. The van der Waals surface area contributed by atoms with Gasteiger partial charge >= 0.3 is 0 Å². The summed E-state index contributed by atoms with van der Waals surface area (Å²) in [5.74, 6) is 1.49. The highest BCUT2D eigenvalue weighted by molar-refractivity contribution is 5.97. The molecule has 0 aliphatic carbocycles. The van der Waals surface area contributed by atoms with Crippen LogP contribution < -0.4 is 4.74 Å². The van der Waals surface area contributed by atoms with Crippen molar-refractivity contribution >= 4 is 16.8 Å². The van der Waals surface area contributed by atoms with E-state index in [1.807, 2.05) is 47.0 Å². The molecule has 4 heteroatoms. The summed E-state index contributed by atoms with van der Waals surface area (Å²) in [7, 11) is 1.60. The molecule has 0 N–H and O–H groups in total. The fourth-order valence-electron chi connectivity index (χ4n) is 3.61. The quantitative estimate of drug-likeness (QED) is 0.394. The van der Waals surface area contributed by atoms with Crippen LogP contribution in [0.3, 0.4) is 0 Å². The van der Waals surface area contributed by atoms with E-state index in [9.17, 15) is 4.79 Å². The van der Waals surface area contributed by atoms with Crippen LogP contribution in [0.15, 0.2) is 72.8 Å². The number of ketones is 1. The predicted octanol–water partition coefficient (Wildman–Crippen LogP) is 5.89. The van der Waals surface area contributed by atoms with E-state index in [1.165, 1.54) is 5.56 Å². The molecule has 0 bridgehead atoms. The zero-order valence-corrected chi connectivity index (χ0v) is 17.8. The van der Waals surface area contributed by atoms with Gasteiger partial charge < -0.3 is 9.30 Å². The zero-order valence-electron chi connectivity index (χ0n) is 17.8. The van der Waals surface area contributed by atoms with Gasteiger partial charge in [-0.15, -0.1) is 0 Å². The largest absolute Gasteiger partial charge is 0.497 e. The standard InChI is InChI=1S/C26H26N2O2/c1-26(2,3)20-14-12-18(13-15-20)25-27-22-10-5-6-11-23(22)28(25)17-24(29)19-8-7-9-21(16-19)30-4/h5-16H,17H2,1-4H3. The Morgan fingerprint density at radius 1 is 0.967 bits per heavy atom. The van der Waals surface area contributed by atoms with E-state index in [0.717, 1.165) is 22.4 Å². The highest BCUT2D eigenvalue weighted by Gasteiger charge is 2.18. The highest BCUT2D eigenvalue weighted by atomic mass is 16.5. The van der Waals surface area contributed by atoms with E-state index in [0.29, 0.717) is 11.3 Å². The van der Waals surface area contributed by atoms with E-state index in [1.54, 1.807) is 13.2 Å². The Balaban J connectivity index is 1.76. The second-order valence-electron chi connectivity index (χ2n) is 8.49. The van der Waals surface area contributed by atoms with Crippen molar-refractivity contribution in [3.8, 4) is 17.1 Å². The first-order valence-corrected chi connectivity index (χ1v) is 10.1. The third-order valence-electron chi connectivity index (χ3n) is 5.36.